The van der Waals surface area contributed by atoms with E-state index in [9.17, 15) is 8.78 Å². The molecule has 0 radical (unpaired) electrons. The first-order valence-electron chi connectivity index (χ1n) is 6.61. The van der Waals surface area contributed by atoms with Crippen LogP contribution in [0.15, 0.2) is 40.9 Å². The molecule has 4 heteroatoms. The van der Waals surface area contributed by atoms with E-state index in [0.29, 0.717) is 29.3 Å². The molecule has 0 spiro atoms. The minimum Gasteiger partial charge on any atom is -0.310 e. The SMILES string of the molecule is Fc1cc(-c2cc(Br)ccc2F)ccc1CNC1CC1. The molecule has 1 saturated carbocycles. The Labute approximate surface area is 125 Å². The standard InChI is InChI=1S/C16H14BrF2N/c17-12-3-6-15(18)14(8-12)10-1-2-11(16(19)7-10)9-20-13-4-5-13/h1-3,6-8,13,20H,4-5,9H2. The van der Waals surface area contributed by atoms with Crippen molar-refractivity contribution in [3.63, 3.8) is 0 Å². The molecule has 0 heterocycles. The molecule has 0 saturated heterocycles. The third-order valence-electron chi connectivity index (χ3n) is 3.45. The van der Waals surface area contributed by atoms with Crippen LogP contribution in [-0.4, -0.2) is 6.04 Å². The van der Waals surface area contributed by atoms with Gasteiger partial charge >= 0.3 is 0 Å². The second-order valence-electron chi connectivity index (χ2n) is 5.09. The Kier molecular flexibility index (Phi) is 3.85. The van der Waals surface area contributed by atoms with E-state index < -0.39 is 0 Å². The maximum absolute atomic E-state index is 14.1. The van der Waals surface area contributed by atoms with Crippen LogP contribution in [0.25, 0.3) is 11.1 Å². The van der Waals surface area contributed by atoms with Gasteiger partial charge in [0.15, 0.2) is 0 Å². The van der Waals surface area contributed by atoms with Crippen LogP contribution < -0.4 is 5.32 Å². The van der Waals surface area contributed by atoms with Crippen LogP contribution in [0.3, 0.4) is 0 Å². The third kappa shape index (κ3) is 3.07. The fraction of sp³-hybridized carbons (Fsp3) is 0.250. The van der Waals surface area contributed by atoms with E-state index in [1.807, 2.05) is 0 Å². The Balaban J connectivity index is 1.86. The van der Waals surface area contributed by atoms with Gasteiger partial charge in [0.05, 0.1) is 0 Å². The largest absolute Gasteiger partial charge is 0.310 e. The van der Waals surface area contributed by atoms with E-state index in [0.717, 1.165) is 4.47 Å². The van der Waals surface area contributed by atoms with Crippen LogP contribution in [0.5, 0.6) is 0 Å². The summed E-state index contributed by atoms with van der Waals surface area (Å²) in [6.45, 7) is 0.526. The van der Waals surface area contributed by atoms with Crippen molar-refractivity contribution >= 4 is 15.9 Å². The van der Waals surface area contributed by atoms with Crippen LogP contribution >= 0.6 is 15.9 Å². The number of benzene rings is 2. The van der Waals surface area contributed by atoms with Gasteiger partial charge in [-0.2, -0.15) is 0 Å². The molecule has 20 heavy (non-hydrogen) atoms. The summed E-state index contributed by atoms with van der Waals surface area (Å²) in [6.07, 6.45) is 2.34. The summed E-state index contributed by atoms with van der Waals surface area (Å²) in [5, 5.41) is 3.27. The number of rotatable bonds is 4. The summed E-state index contributed by atoms with van der Waals surface area (Å²) >= 11 is 3.30. The molecule has 0 aromatic heterocycles. The lowest BCUT2D eigenvalue weighted by Crippen LogP contribution is -2.16. The molecule has 1 nitrogen and oxygen atoms in total. The quantitative estimate of drug-likeness (QED) is 0.856. The molecule has 1 fully saturated rings. The smallest absolute Gasteiger partial charge is 0.131 e. The zero-order chi connectivity index (χ0) is 14.1. The summed E-state index contributed by atoms with van der Waals surface area (Å²) in [7, 11) is 0. The maximum atomic E-state index is 14.1. The van der Waals surface area contributed by atoms with E-state index in [-0.39, 0.29) is 11.6 Å². The average molecular weight is 338 g/mol. The lowest BCUT2D eigenvalue weighted by atomic mass is 10.0. The summed E-state index contributed by atoms with van der Waals surface area (Å²) in [5.41, 5.74) is 1.58. The molecule has 1 N–H and O–H groups in total. The molecule has 0 bridgehead atoms. The first-order valence-corrected chi connectivity index (χ1v) is 7.40. The van der Waals surface area contributed by atoms with Crippen molar-refractivity contribution in [3.8, 4) is 11.1 Å². The Hall–Kier alpha value is -1.26. The van der Waals surface area contributed by atoms with Crippen molar-refractivity contribution in [1.82, 2.24) is 5.32 Å². The molecule has 1 aliphatic rings. The third-order valence-corrected chi connectivity index (χ3v) is 3.94. The van der Waals surface area contributed by atoms with Crippen LogP contribution in [0.1, 0.15) is 18.4 Å². The molecule has 104 valence electrons. The molecule has 0 atom stereocenters. The molecule has 2 aromatic rings. The number of halogens is 3. The molecule has 0 amide bonds. The van der Waals surface area contributed by atoms with Crippen molar-refractivity contribution in [2.24, 2.45) is 0 Å². The van der Waals surface area contributed by atoms with Crippen LogP contribution in [0.4, 0.5) is 8.78 Å². The van der Waals surface area contributed by atoms with Crippen molar-refractivity contribution in [1.29, 1.82) is 0 Å². The van der Waals surface area contributed by atoms with Gasteiger partial charge in [-0.05, 0) is 42.7 Å². The highest BCUT2D eigenvalue weighted by Gasteiger charge is 2.20. The first kappa shape index (κ1) is 13.7. The monoisotopic (exact) mass is 337 g/mol. The Bertz CT molecular complexity index is 638. The van der Waals surface area contributed by atoms with Gasteiger partial charge in [0.25, 0.3) is 0 Å². The fourth-order valence-corrected chi connectivity index (χ4v) is 2.48. The summed E-state index contributed by atoms with van der Waals surface area (Å²) in [4.78, 5) is 0. The second-order valence-corrected chi connectivity index (χ2v) is 6.00. The zero-order valence-electron chi connectivity index (χ0n) is 10.8. The predicted octanol–water partition coefficient (Wildman–Crippen LogP) is 4.65. The normalized spacial score (nSPS) is 14.6. The van der Waals surface area contributed by atoms with Gasteiger partial charge in [-0.15, -0.1) is 0 Å². The molecule has 3 rings (SSSR count). The first-order chi connectivity index (χ1) is 9.63. The lowest BCUT2D eigenvalue weighted by molar-refractivity contribution is 0.587. The Morgan fingerprint density at radius 2 is 1.85 bits per heavy atom. The molecule has 1 aliphatic carbocycles. The number of hydrogen-bond acceptors (Lipinski definition) is 1. The highest BCUT2D eigenvalue weighted by Crippen LogP contribution is 2.28. The van der Waals surface area contributed by atoms with E-state index in [1.54, 1.807) is 24.3 Å². The molecule has 0 aliphatic heterocycles. The topological polar surface area (TPSA) is 12.0 Å². The zero-order valence-corrected chi connectivity index (χ0v) is 12.4. The van der Waals surface area contributed by atoms with Crippen molar-refractivity contribution in [2.75, 3.05) is 0 Å². The van der Waals surface area contributed by atoms with Gasteiger partial charge in [0, 0.05) is 28.2 Å². The van der Waals surface area contributed by atoms with Gasteiger partial charge in [0.1, 0.15) is 11.6 Å². The predicted molar refractivity (Wildman–Crippen MR) is 79.4 cm³/mol. The summed E-state index contributed by atoms with van der Waals surface area (Å²) in [6, 6.07) is 10.1. The second kappa shape index (κ2) is 5.62. The maximum Gasteiger partial charge on any atom is 0.131 e. The molecular weight excluding hydrogens is 324 g/mol. The van der Waals surface area contributed by atoms with Crippen LogP contribution in [-0.2, 0) is 6.54 Å². The lowest BCUT2D eigenvalue weighted by Gasteiger charge is -2.08. The summed E-state index contributed by atoms with van der Waals surface area (Å²) < 4.78 is 28.6. The molecule has 0 unspecified atom stereocenters. The summed E-state index contributed by atoms with van der Waals surface area (Å²) in [5.74, 6) is -0.647. The number of nitrogens with one attached hydrogen (secondary N) is 1. The van der Waals surface area contributed by atoms with E-state index in [2.05, 4.69) is 21.2 Å². The molecule has 2 aromatic carbocycles. The molecular formula is C16H14BrF2N. The highest BCUT2D eigenvalue weighted by molar-refractivity contribution is 9.10. The van der Waals surface area contributed by atoms with E-state index >= 15 is 0 Å². The van der Waals surface area contributed by atoms with E-state index in [4.69, 9.17) is 0 Å². The van der Waals surface area contributed by atoms with Gasteiger partial charge in [-0.1, -0.05) is 28.1 Å². The Morgan fingerprint density at radius 3 is 2.55 bits per heavy atom. The van der Waals surface area contributed by atoms with Gasteiger partial charge in [0.2, 0.25) is 0 Å². The minimum absolute atomic E-state index is 0.296. The van der Waals surface area contributed by atoms with Gasteiger partial charge in [-0.25, -0.2) is 8.78 Å². The van der Waals surface area contributed by atoms with Crippen molar-refractivity contribution < 1.29 is 8.78 Å². The van der Waals surface area contributed by atoms with Gasteiger partial charge < -0.3 is 5.32 Å². The van der Waals surface area contributed by atoms with E-state index in [1.165, 1.54) is 25.0 Å². The number of hydrogen-bond donors (Lipinski definition) is 1. The highest BCUT2D eigenvalue weighted by atomic mass is 79.9. The Morgan fingerprint density at radius 1 is 1.05 bits per heavy atom. The van der Waals surface area contributed by atoms with Gasteiger partial charge in [-0.3, -0.25) is 0 Å². The minimum atomic E-state index is -0.351. The van der Waals surface area contributed by atoms with Crippen LogP contribution in [0.2, 0.25) is 0 Å². The average Bonchev–Trinajstić information content (AvgIpc) is 3.24. The van der Waals surface area contributed by atoms with Crippen molar-refractivity contribution in [3.05, 3.63) is 58.1 Å². The van der Waals surface area contributed by atoms with Crippen molar-refractivity contribution in [2.45, 2.75) is 25.4 Å². The fourth-order valence-electron chi connectivity index (χ4n) is 2.12. The van der Waals surface area contributed by atoms with Crippen LogP contribution in [0, 0.1) is 11.6 Å².